The molecule has 6 nitrogen and oxygen atoms in total. The van der Waals surface area contributed by atoms with Gasteiger partial charge in [0.25, 0.3) is 0 Å². The van der Waals surface area contributed by atoms with E-state index in [1.807, 2.05) is 26.0 Å². The Bertz CT molecular complexity index is 761. The van der Waals surface area contributed by atoms with Crippen molar-refractivity contribution in [1.29, 1.82) is 0 Å². The third-order valence-corrected chi connectivity index (χ3v) is 5.53. The molecular weight excluding hydrogens is 346 g/mol. The van der Waals surface area contributed by atoms with Crippen LogP contribution in [0.1, 0.15) is 53.6 Å². The summed E-state index contributed by atoms with van der Waals surface area (Å²) in [5, 5.41) is 0. The van der Waals surface area contributed by atoms with Crippen molar-refractivity contribution in [2.24, 2.45) is 11.8 Å². The van der Waals surface area contributed by atoms with Gasteiger partial charge in [0.05, 0.1) is 18.3 Å². The lowest BCUT2D eigenvalue weighted by Crippen LogP contribution is -2.33. The van der Waals surface area contributed by atoms with Gasteiger partial charge in [-0.1, -0.05) is 30.5 Å². The SMILES string of the molecule is Cc1ccc(C)c(C(=O)COC(=O)CCN2C(=O)[C@H]3CCCC[C@H]3C2=O)c1. The predicted octanol–water partition coefficient (Wildman–Crippen LogP) is 2.59. The van der Waals surface area contributed by atoms with Crippen molar-refractivity contribution in [3.8, 4) is 0 Å². The largest absolute Gasteiger partial charge is 0.457 e. The minimum atomic E-state index is -0.580. The number of Topliss-reactive ketones (excluding diaryl/α,β-unsaturated/α-hetero) is 1. The van der Waals surface area contributed by atoms with Gasteiger partial charge in [-0.2, -0.15) is 0 Å². The number of amides is 2. The van der Waals surface area contributed by atoms with E-state index in [1.54, 1.807) is 6.07 Å². The summed E-state index contributed by atoms with van der Waals surface area (Å²) >= 11 is 0. The fourth-order valence-corrected chi connectivity index (χ4v) is 3.99. The Hall–Kier alpha value is -2.50. The highest BCUT2D eigenvalue weighted by Crippen LogP contribution is 2.37. The van der Waals surface area contributed by atoms with Gasteiger partial charge in [0.15, 0.2) is 6.61 Å². The minimum Gasteiger partial charge on any atom is -0.457 e. The molecule has 1 saturated carbocycles. The van der Waals surface area contributed by atoms with Crippen molar-refractivity contribution in [3.63, 3.8) is 0 Å². The van der Waals surface area contributed by atoms with Crippen LogP contribution in [0, 0.1) is 25.7 Å². The summed E-state index contributed by atoms with van der Waals surface area (Å²) in [7, 11) is 0. The normalized spacial score (nSPS) is 21.9. The molecular formula is C21H25NO5. The first-order chi connectivity index (χ1) is 12.9. The average Bonchev–Trinajstić information content (AvgIpc) is 2.91. The number of benzene rings is 1. The summed E-state index contributed by atoms with van der Waals surface area (Å²) in [4.78, 5) is 50.2. The molecule has 2 atom stereocenters. The van der Waals surface area contributed by atoms with Crippen molar-refractivity contribution in [3.05, 3.63) is 34.9 Å². The number of fused-ring (bicyclic) bond motifs is 1. The third-order valence-electron chi connectivity index (χ3n) is 5.53. The lowest BCUT2D eigenvalue weighted by atomic mass is 9.81. The molecule has 2 amide bonds. The molecule has 0 aromatic heterocycles. The van der Waals surface area contributed by atoms with Gasteiger partial charge in [0.1, 0.15) is 0 Å². The Morgan fingerprint density at radius 3 is 2.33 bits per heavy atom. The van der Waals surface area contributed by atoms with Gasteiger partial charge in [-0.15, -0.1) is 0 Å². The molecule has 2 aliphatic rings. The Morgan fingerprint density at radius 1 is 1.07 bits per heavy atom. The number of hydrogen-bond donors (Lipinski definition) is 0. The Kier molecular flexibility index (Phi) is 5.73. The smallest absolute Gasteiger partial charge is 0.308 e. The predicted molar refractivity (Wildman–Crippen MR) is 98.0 cm³/mol. The highest BCUT2D eigenvalue weighted by atomic mass is 16.5. The number of likely N-dealkylation sites (tertiary alicyclic amines) is 1. The molecule has 144 valence electrons. The van der Waals surface area contributed by atoms with Crippen molar-refractivity contribution in [2.75, 3.05) is 13.2 Å². The van der Waals surface area contributed by atoms with E-state index in [-0.39, 0.29) is 49.0 Å². The Balaban J connectivity index is 1.50. The number of imide groups is 1. The van der Waals surface area contributed by atoms with Crippen LogP contribution >= 0.6 is 0 Å². The van der Waals surface area contributed by atoms with Crippen molar-refractivity contribution < 1.29 is 23.9 Å². The number of ether oxygens (including phenoxy) is 1. The standard InChI is InChI=1S/C21H25NO5/c1-13-7-8-14(2)17(11-13)18(23)12-27-19(24)9-10-22-20(25)15-5-3-4-6-16(15)21(22)26/h7-8,11,15-16H,3-6,9-10,12H2,1-2H3/t15-,16+. The number of nitrogens with zero attached hydrogens (tertiary/aromatic N) is 1. The molecule has 1 aromatic carbocycles. The molecule has 2 fully saturated rings. The highest BCUT2D eigenvalue weighted by molar-refractivity contribution is 6.05. The number of esters is 1. The molecule has 0 spiro atoms. The average molecular weight is 371 g/mol. The van der Waals surface area contributed by atoms with E-state index in [0.717, 1.165) is 36.8 Å². The molecule has 0 bridgehead atoms. The molecule has 0 unspecified atom stereocenters. The van der Waals surface area contributed by atoms with Crippen LogP contribution in [-0.4, -0.2) is 41.6 Å². The Morgan fingerprint density at radius 2 is 1.70 bits per heavy atom. The molecule has 27 heavy (non-hydrogen) atoms. The number of aryl methyl sites for hydroxylation is 2. The van der Waals surface area contributed by atoms with E-state index in [2.05, 4.69) is 0 Å². The van der Waals surface area contributed by atoms with E-state index in [1.165, 1.54) is 4.90 Å². The maximum atomic E-state index is 12.4. The minimum absolute atomic E-state index is 0.0289. The van der Waals surface area contributed by atoms with Gasteiger partial charge in [0, 0.05) is 12.1 Å². The van der Waals surface area contributed by atoms with Crippen LogP contribution in [0.15, 0.2) is 18.2 Å². The number of ketones is 1. The van der Waals surface area contributed by atoms with Crippen molar-refractivity contribution >= 4 is 23.6 Å². The van der Waals surface area contributed by atoms with Gasteiger partial charge < -0.3 is 4.74 Å². The number of rotatable bonds is 6. The molecule has 1 aliphatic heterocycles. The molecule has 6 heteroatoms. The molecule has 1 aromatic rings. The van der Waals surface area contributed by atoms with E-state index < -0.39 is 5.97 Å². The maximum absolute atomic E-state index is 12.4. The quantitative estimate of drug-likeness (QED) is 0.436. The van der Waals surface area contributed by atoms with Gasteiger partial charge >= 0.3 is 5.97 Å². The maximum Gasteiger partial charge on any atom is 0.308 e. The second-order valence-electron chi connectivity index (χ2n) is 7.48. The summed E-state index contributed by atoms with van der Waals surface area (Å²) in [5.74, 6) is -1.60. The summed E-state index contributed by atoms with van der Waals surface area (Å²) in [6, 6.07) is 5.54. The number of carbonyl (C=O) groups is 4. The fraction of sp³-hybridized carbons (Fsp3) is 0.524. The zero-order valence-corrected chi connectivity index (χ0v) is 15.8. The lowest BCUT2D eigenvalue weighted by molar-refractivity contribution is -0.145. The monoisotopic (exact) mass is 371 g/mol. The van der Waals surface area contributed by atoms with E-state index in [0.29, 0.717) is 5.56 Å². The van der Waals surface area contributed by atoms with Crippen molar-refractivity contribution in [1.82, 2.24) is 4.90 Å². The molecule has 3 rings (SSSR count). The summed E-state index contributed by atoms with van der Waals surface area (Å²) in [6.07, 6.45) is 3.35. The molecule has 1 heterocycles. The zero-order chi connectivity index (χ0) is 19.6. The van der Waals surface area contributed by atoms with Crippen LogP contribution in [0.2, 0.25) is 0 Å². The number of carbonyl (C=O) groups excluding carboxylic acids is 4. The first kappa shape index (κ1) is 19.3. The Labute approximate surface area is 158 Å². The summed E-state index contributed by atoms with van der Waals surface area (Å²) in [6.45, 7) is 3.42. The number of hydrogen-bond acceptors (Lipinski definition) is 5. The zero-order valence-electron chi connectivity index (χ0n) is 15.8. The van der Waals surface area contributed by atoms with E-state index >= 15 is 0 Å². The summed E-state index contributed by atoms with van der Waals surface area (Å²) in [5.41, 5.74) is 2.33. The van der Waals surface area contributed by atoms with Crippen LogP contribution in [0.3, 0.4) is 0 Å². The van der Waals surface area contributed by atoms with Gasteiger partial charge in [-0.25, -0.2) is 0 Å². The van der Waals surface area contributed by atoms with Crippen LogP contribution in [0.4, 0.5) is 0 Å². The molecule has 0 radical (unpaired) electrons. The topological polar surface area (TPSA) is 80.8 Å². The first-order valence-electron chi connectivity index (χ1n) is 9.50. The van der Waals surface area contributed by atoms with E-state index in [4.69, 9.17) is 4.74 Å². The second-order valence-corrected chi connectivity index (χ2v) is 7.48. The molecule has 1 saturated heterocycles. The van der Waals surface area contributed by atoms with Crippen LogP contribution in [0.25, 0.3) is 0 Å². The van der Waals surface area contributed by atoms with Gasteiger partial charge in [-0.3, -0.25) is 24.1 Å². The molecule has 1 aliphatic carbocycles. The van der Waals surface area contributed by atoms with Crippen LogP contribution in [0.5, 0.6) is 0 Å². The fourth-order valence-electron chi connectivity index (χ4n) is 3.99. The van der Waals surface area contributed by atoms with Crippen LogP contribution in [-0.2, 0) is 19.1 Å². The van der Waals surface area contributed by atoms with Crippen LogP contribution < -0.4 is 0 Å². The first-order valence-corrected chi connectivity index (χ1v) is 9.50. The molecule has 0 N–H and O–H groups in total. The van der Waals surface area contributed by atoms with Gasteiger partial charge in [0.2, 0.25) is 17.6 Å². The third kappa shape index (κ3) is 4.10. The second kappa shape index (κ2) is 8.03. The summed E-state index contributed by atoms with van der Waals surface area (Å²) < 4.78 is 5.06. The van der Waals surface area contributed by atoms with E-state index in [9.17, 15) is 19.2 Å². The lowest BCUT2D eigenvalue weighted by Gasteiger charge is -2.19. The van der Waals surface area contributed by atoms with Gasteiger partial charge in [-0.05, 0) is 38.3 Å². The highest BCUT2D eigenvalue weighted by Gasteiger charge is 2.47. The van der Waals surface area contributed by atoms with Crippen molar-refractivity contribution in [2.45, 2.75) is 46.0 Å².